The van der Waals surface area contributed by atoms with Gasteiger partial charge in [-0.3, -0.25) is 4.57 Å². The molecule has 1 N–H and O–H groups in total. The molecule has 3 heterocycles. The zero-order chi connectivity index (χ0) is 24.0. The van der Waals surface area contributed by atoms with Crippen LogP contribution in [0.5, 0.6) is 5.75 Å². The number of nitrogens with zero attached hydrogens (tertiary/aromatic N) is 4. The number of aromatic nitrogens is 3. The van der Waals surface area contributed by atoms with E-state index in [0.717, 1.165) is 11.1 Å². The van der Waals surface area contributed by atoms with Crippen LogP contribution in [0.1, 0.15) is 28.3 Å². The van der Waals surface area contributed by atoms with Gasteiger partial charge in [-0.15, -0.1) is 0 Å². The van der Waals surface area contributed by atoms with E-state index in [0.29, 0.717) is 44.8 Å². The third-order valence-corrected chi connectivity index (χ3v) is 5.90. The lowest BCUT2D eigenvalue weighted by atomic mass is 10.00. The van der Waals surface area contributed by atoms with Gasteiger partial charge in [-0.1, -0.05) is 23.4 Å². The number of ether oxygens (including phenoxy) is 1. The standard InChI is InChI=1S/C25H20N4O5/c1-13-22(14(2)34-28-13)18-8-19-17(9-21(18)32-3)23-24(20(12-30)27-19)33-25(31)29(23)11-16-7-5-4-6-15(16)10-26/h4-9,30H,11-12H2,1-3H3. The quantitative estimate of drug-likeness (QED) is 0.423. The van der Waals surface area contributed by atoms with E-state index < -0.39 is 12.4 Å². The highest BCUT2D eigenvalue weighted by molar-refractivity contribution is 6.05. The molecule has 0 unspecified atom stereocenters. The van der Waals surface area contributed by atoms with E-state index in [-0.39, 0.29) is 17.8 Å². The summed E-state index contributed by atoms with van der Waals surface area (Å²) in [6.45, 7) is 3.36. The normalized spacial score (nSPS) is 11.3. The van der Waals surface area contributed by atoms with Gasteiger partial charge in [0.1, 0.15) is 22.7 Å². The smallest absolute Gasteiger partial charge is 0.420 e. The zero-order valence-corrected chi connectivity index (χ0v) is 18.7. The number of hydrogen-bond acceptors (Lipinski definition) is 8. The van der Waals surface area contributed by atoms with Gasteiger partial charge in [-0.2, -0.15) is 5.26 Å². The minimum Gasteiger partial charge on any atom is -0.496 e. The number of hydrogen-bond donors (Lipinski definition) is 1. The van der Waals surface area contributed by atoms with Crippen molar-refractivity contribution >= 4 is 22.0 Å². The summed E-state index contributed by atoms with van der Waals surface area (Å²) < 4.78 is 18.0. The van der Waals surface area contributed by atoms with Crippen LogP contribution in [-0.2, 0) is 13.2 Å². The van der Waals surface area contributed by atoms with Crippen molar-refractivity contribution in [2.45, 2.75) is 27.0 Å². The monoisotopic (exact) mass is 456 g/mol. The second-order valence-corrected chi connectivity index (χ2v) is 7.89. The Morgan fingerprint density at radius 2 is 2.03 bits per heavy atom. The molecule has 0 fully saturated rings. The van der Waals surface area contributed by atoms with Gasteiger partial charge >= 0.3 is 5.76 Å². The average Bonchev–Trinajstić information content (AvgIpc) is 3.36. The molecule has 0 aliphatic carbocycles. The molecule has 170 valence electrons. The van der Waals surface area contributed by atoms with Gasteiger partial charge in [-0.25, -0.2) is 9.78 Å². The number of methoxy groups -OCH3 is 1. The summed E-state index contributed by atoms with van der Waals surface area (Å²) in [5.74, 6) is 0.562. The van der Waals surface area contributed by atoms with Crippen LogP contribution in [0, 0.1) is 25.2 Å². The molecule has 0 amide bonds. The van der Waals surface area contributed by atoms with Crippen molar-refractivity contribution in [3.05, 3.63) is 75.2 Å². The number of aliphatic hydroxyl groups excluding tert-OH is 1. The summed E-state index contributed by atoms with van der Waals surface area (Å²) in [5.41, 5.74) is 4.79. The summed E-state index contributed by atoms with van der Waals surface area (Å²) in [6, 6.07) is 12.8. The predicted molar refractivity (Wildman–Crippen MR) is 123 cm³/mol. The molecule has 0 saturated carbocycles. The molecule has 0 aliphatic rings. The Morgan fingerprint density at radius 3 is 2.71 bits per heavy atom. The minimum absolute atomic E-state index is 0.119. The summed E-state index contributed by atoms with van der Waals surface area (Å²) in [7, 11) is 1.56. The molecular formula is C25H20N4O5. The molecule has 9 nitrogen and oxygen atoms in total. The molecule has 0 bridgehead atoms. The largest absolute Gasteiger partial charge is 0.496 e. The van der Waals surface area contributed by atoms with Gasteiger partial charge in [0, 0.05) is 10.9 Å². The van der Waals surface area contributed by atoms with Crippen molar-refractivity contribution in [3.63, 3.8) is 0 Å². The summed E-state index contributed by atoms with van der Waals surface area (Å²) in [6.07, 6.45) is 0. The van der Waals surface area contributed by atoms with Gasteiger partial charge in [0.2, 0.25) is 0 Å². The number of aryl methyl sites for hydroxylation is 2. The van der Waals surface area contributed by atoms with Crippen molar-refractivity contribution in [3.8, 4) is 22.9 Å². The number of aliphatic hydroxyl groups is 1. The van der Waals surface area contributed by atoms with Crippen LogP contribution in [0.3, 0.4) is 0 Å². The number of fused-ring (bicyclic) bond motifs is 3. The van der Waals surface area contributed by atoms with E-state index in [1.807, 2.05) is 19.9 Å². The third kappa shape index (κ3) is 3.24. The Kier molecular flexibility index (Phi) is 5.15. The number of rotatable bonds is 5. The van der Waals surface area contributed by atoms with Crippen molar-refractivity contribution in [2.24, 2.45) is 0 Å². The van der Waals surface area contributed by atoms with Crippen LogP contribution in [0.4, 0.5) is 0 Å². The highest BCUT2D eigenvalue weighted by Gasteiger charge is 2.23. The number of oxazole rings is 1. The lowest BCUT2D eigenvalue weighted by Gasteiger charge is -2.13. The maximum atomic E-state index is 12.9. The van der Waals surface area contributed by atoms with Crippen LogP contribution in [0.2, 0.25) is 0 Å². The molecule has 0 aliphatic heterocycles. The summed E-state index contributed by atoms with van der Waals surface area (Å²) >= 11 is 0. The molecule has 5 rings (SSSR count). The molecule has 3 aromatic heterocycles. The number of pyridine rings is 1. The first kappa shape index (κ1) is 21.4. The Labute approximate surface area is 193 Å². The van der Waals surface area contributed by atoms with E-state index in [1.165, 1.54) is 4.57 Å². The summed E-state index contributed by atoms with van der Waals surface area (Å²) in [5, 5.41) is 24.1. The number of nitriles is 1. The Morgan fingerprint density at radius 1 is 1.24 bits per heavy atom. The maximum absolute atomic E-state index is 12.9. The second-order valence-electron chi connectivity index (χ2n) is 7.89. The van der Waals surface area contributed by atoms with Crippen molar-refractivity contribution in [1.29, 1.82) is 5.26 Å². The maximum Gasteiger partial charge on any atom is 0.420 e. The van der Waals surface area contributed by atoms with Gasteiger partial charge in [0.25, 0.3) is 0 Å². The molecule has 34 heavy (non-hydrogen) atoms. The molecule has 5 aromatic rings. The highest BCUT2D eigenvalue weighted by atomic mass is 16.5. The third-order valence-electron chi connectivity index (χ3n) is 5.90. The molecule has 0 saturated heterocycles. The van der Waals surface area contributed by atoms with Gasteiger partial charge in [0.05, 0.1) is 48.7 Å². The molecule has 0 spiro atoms. The van der Waals surface area contributed by atoms with E-state index >= 15 is 0 Å². The van der Waals surface area contributed by atoms with Gasteiger partial charge < -0.3 is 18.8 Å². The fraction of sp³-hybridized carbons (Fsp3) is 0.200. The van der Waals surface area contributed by atoms with E-state index in [1.54, 1.807) is 37.4 Å². The fourth-order valence-corrected chi connectivity index (χ4v) is 4.33. The van der Waals surface area contributed by atoms with E-state index in [2.05, 4.69) is 16.2 Å². The van der Waals surface area contributed by atoms with Gasteiger partial charge in [-0.05, 0) is 37.6 Å². The van der Waals surface area contributed by atoms with Crippen molar-refractivity contribution in [2.75, 3.05) is 7.11 Å². The number of benzene rings is 2. The van der Waals surface area contributed by atoms with Crippen LogP contribution in [0.15, 0.2) is 50.1 Å². The predicted octanol–water partition coefficient (Wildman–Crippen LogP) is 3.84. The average molecular weight is 456 g/mol. The lowest BCUT2D eigenvalue weighted by Crippen LogP contribution is -2.15. The Hall–Kier alpha value is -4.42. The molecular weight excluding hydrogens is 436 g/mol. The zero-order valence-electron chi connectivity index (χ0n) is 18.7. The van der Waals surface area contributed by atoms with Crippen molar-refractivity contribution in [1.82, 2.24) is 14.7 Å². The second kappa shape index (κ2) is 8.17. The molecule has 0 radical (unpaired) electrons. The SMILES string of the molecule is COc1cc2c(cc1-c1c(C)noc1C)nc(CO)c1oc(=O)n(Cc3ccccc3C#N)c12. The Bertz CT molecular complexity index is 1650. The van der Waals surface area contributed by atoms with Crippen LogP contribution >= 0.6 is 0 Å². The van der Waals surface area contributed by atoms with Crippen LogP contribution in [0.25, 0.3) is 33.1 Å². The van der Waals surface area contributed by atoms with Crippen LogP contribution in [-0.4, -0.2) is 26.9 Å². The topological polar surface area (TPSA) is 127 Å². The first-order valence-electron chi connectivity index (χ1n) is 10.5. The highest BCUT2D eigenvalue weighted by Crippen LogP contribution is 2.39. The van der Waals surface area contributed by atoms with E-state index in [9.17, 15) is 15.2 Å². The first-order chi connectivity index (χ1) is 16.5. The van der Waals surface area contributed by atoms with Gasteiger partial charge in [0.15, 0.2) is 5.58 Å². The lowest BCUT2D eigenvalue weighted by molar-refractivity contribution is 0.277. The fourth-order valence-electron chi connectivity index (χ4n) is 4.33. The molecule has 2 aromatic carbocycles. The first-order valence-corrected chi connectivity index (χ1v) is 10.5. The molecule has 9 heteroatoms. The molecule has 0 atom stereocenters. The minimum atomic E-state index is -0.611. The summed E-state index contributed by atoms with van der Waals surface area (Å²) in [4.78, 5) is 17.5. The van der Waals surface area contributed by atoms with E-state index in [4.69, 9.17) is 13.7 Å². The van der Waals surface area contributed by atoms with Crippen molar-refractivity contribution < 1.29 is 18.8 Å². The van der Waals surface area contributed by atoms with Crippen LogP contribution < -0.4 is 10.5 Å². The Balaban J connectivity index is 1.84.